The highest BCUT2D eigenvalue weighted by atomic mass is 32.1. The van der Waals surface area contributed by atoms with Crippen LogP contribution in [0.15, 0.2) is 42.7 Å². The minimum absolute atomic E-state index is 0.609. The van der Waals surface area contributed by atoms with E-state index in [2.05, 4.69) is 45.6 Å². The molecule has 1 aliphatic carbocycles. The molecule has 4 heteroatoms. The van der Waals surface area contributed by atoms with Crippen LogP contribution in [0.1, 0.15) is 12.8 Å². The van der Waals surface area contributed by atoms with Crippen molar-refractivity contribution in [1.82, 2.24) is 9.97 Å². The van der Waals surface area contributed by atoms with Gasteiger partial charge in [0.1, 0.15) is 17.0 Å². The normalized spacial score (nSPS) is 14.7. The molecular formula is C15H13N3S. The van der Waals surface area contributed by atoms with Crippen LogP contribution in [-0.2, 0) is 0 Å². The predicted molar refractivity (Wildman–Crippen MR) is 79.5 cm³/mol. The first-order valence-corrected chi connectivity index (χ1v) is 7.28. The molecule has 4 rings (SSSR count). The Morgan fingerprint density at radius 2 is 1.95 bits per heavy atom. The number of nitrogens with zero attached hydrogens (tertiary/aromatic N) is 2. The summed E-state index contributed by atoms with van der Waals surface area (Å²) >= 11 is 1.72. The standard InChI is InChI=1S/C15H13N3S/c1-2-4-10(5-3-1)13-8-12-14(18-11-6-7-11)16-9-17-15(12)19-13/h1-5,8-9,11H,6-7H2,(H,16,17,18). The van der Waals surface area contributed by atoms with Crippen molar-refractivity contribution in [3.63, 3.8) is 0 Å². The first-order valence-electron chi connectivity index (χ1n) is 6.47. The number of thiophene rings is 1. The van der Waals surface area contributed by atoms with Crippen LogP contribution in [0.2, 0.25) is 0 Å². The summed E-state index contributed by atoms with van der Waals surface area (Å²) < 4.78 is 0. The number of nitrogens with one attached hydrogen (secondary N) is 1. The van der Waals surface area contributed by atoms with E-state index in [1.165, 1.54) is 23.3 Å². The summed E-state index contributed by atoms with van der Waals surface area (Å²) in [4.78, 5) is 11.1. The Bertz CT molecular complexity index is 717. The maximum Gasteiger partial charge on any atom is 0.138 e. The molecule has 1 N–H and O–H groups in total. The molecule has 19 heavy (non-hydrogen) atoms. The molecule has 0 unspecified atom stereocenters. The molecular weight excluding hydrogens is 254 g/mol. The zero-order valence-electron chi connectivity index (χ0n) is 10.3. The van der Waals surface area contributed by atoms with Gasteiger partial charge in [0.25, 0.3) is 0 Å². The molecule has 0 saturated heterocycles. The predicted octanol–water partition coefficient (Wildman–Crippen LogP) is 3.93. The first-order chi connectivity index (χ1) is 9.40. The molecule has 1 fully saturated rings. The maximum absolute atomic E-state index is 4.38. The molecule has 94 valence electrons. The number of aromatic nitrogens is 2. The Morgan fingerprint density at radius 1 is 1.11 bits per heavy atom. The van der Waals surface area contributed by atoms with Gasteiger partial charge in [-0.2, -0.15) is 0 Å². The second-order valence-corrected chi connectivity index (χ2v) is 5.87. The Hall–Kier alpha value is -1.94. The Balaban J connectivity index is 1.82. The number of hydrogen-bond acceptors (Lipinski definition) is 4. The van der Waals surface area contributed by atoms with E-state index in [0.717, 1.165) is 16.0 Å². The lowest BCUT2D eigenvalue weighted by Gasteiger charge is -2.02. The molecule has 0 aliphatic heterocycles. The molecule has 2 aromatic heterocycles. The lowest BCUT2D eigenvalue weighted by atomic mass is 10.2. The highest BCUT2D eigenvalue weighted by Gasteiger charge is 2.22. The minimum atomic E-state index is 0.609. The summed E-state index contributed by atoms with van der Waals surface area (Å²) in [5.41, 5.74) is 1.24. The fourth-order valence-electron chi connectivity index (χ4n) is 2.14. The first kappa shape index (κ1) is 10.9. The van der Waals surface area contributed by atoms with Crippen LogP contribution < -0.4 is 5.32 Å². The van der Waals surface area contributed by atoms with E-state index in [4.69, 9.17) is 0 Å². The molecule has 2 heterocycles. The molecule has 3 aromatic rings. The van der Waals surface area contributed by atoms with Crippen molar-refractivity contribution < 1.29 is 0 Å². The average Bonchev–Trinajstić information content (AvgIpc) is 3.16. The molecule has 0 amide bonds. The molecule has 3 nitrogen and oxygen atoms in total. The highest BCUT2D eigenvalue weighted by Crippen LogP contribution is 2.36. The second-order valence-electron chi connectivity index (χ2n) is 4.84. The van der Waals surface area contributed by atoms with E-state index in [1.54, 1.807) is 17.7 Å². The van der Waals surface area contributed by atoms with Crippen LogP contribution in [0.25, 0.3) is 20.7 Å². The Morgan fingerprint density at radius 3 is 2.74 bits per heavy atom. The number of benzene rings is 1. The van der Waals surface area contributed by atoms with Gasteiger partial charge in [-0.05, 0) is 24.5 Å². The third-order valence-electron chi connectivity index (χ3n) is 3.31. The van der Waals surface area contributed by atoms with Gasteiger partial charge in [0.2, 0.25) is 0 Å². The average molecular weight is 267 g/mol. The van der Waals surface area contributed by atoms with Crippen LogP contribution >= 0.6 is 11.3 Å². The number of fused-ring (bicyclic) bond motifs is 1. The fraction of sp³-hybridized carbons (Fsp3) is 0.200. The van der Waals surface area contributed by atoms with Crippen LogP contribution in [0.5, 0.6) is 0 Å². The van der Waals surface area contributed by atoms with E-state index >= 15 is 0 Å². The van der Waals surface area contributed by atoms with Gasteiger partial charge >= 0.3 is 0 Å². The smallest absolute Gasteiger partial charge is 0.138 e. The van der Waals surface area contributed by atoms with Gasteiger partial charge in [0.05, 0.1) is 5.39 Å². The number of hydrogen-bond donors (Lipinski definition) is 1. The molecule has 1 saturated carbocycles. The van der Waals surface area contributed by atoms with Crippen molar-refractivity contribution in [2.75, 3.05) is 5.32 Å². The Kier molecular flexibility index (Phi) is 2.48. The van der Waals surface area contributed by atoms with Crippen molar-refractivity contribution in [3.05, 3.63) is 42.7 Å². The van der Waals surface area contributed by atoms with E-state index in [9.17, 15) is 0 Å². The fourth-order valence-corrected chi connectivity index (χ4v) is 3.14. The van der Waals surface area contributed by atoms with Gasteiger partial charge in [0, 0.05) is 10.9 Å². The molecule has 0 radical (unpaired) electrons. The van der Waals surface area contributed by atoms with Gasteiger partial charge in [-0.3, -0.25) is 0 Å². The van der Waals surface area contributed by atoms with Crippen LogP contribution in [0.3, 0.4) is 0 Å². The quantitative estimate of drug-likeness (QED) is 0.781. The largest absolute Gasteiger partial charge is 0.367 e. The molecule has 1 aliphatic rings. The summed E-state index contributed by atoms with van der Waals surface area (Å²) in [5, 5.41) is 4.62. The molecule has 0 bridgehead atoms. The Labute approximate surface area is 115 Å². The molecule has 0 atom stereocenters. The summed E-state index contributed by atoms with van der Waals surface area (Å²) in [6, 6.07) is 13.2. The minimum Gasteiger partial charge on any atom is -0.367 e. The van der Waals surface area contributed by atoms with Gasteiger partial charge in [-0.25, -0.2) is 9.97 Å². The van der Waals surface area contributed by atoms with Gasteiger partial charge < -0.3 is 5.32 Å². The van der Waals surface area contributed by atoms with E-state index in [1.807, 2.05) is 6.07 Å². The highest BCUT2D eigenvalue weighted by molar-refractivity contribution is 7.21. The SMILES string of the molecule is c1ccc(-c2cc3c(NC4CC4)ncnc3s2)cc1. The lowest BCUT2D eigenvalue weighted by molar-refractivity contribution is 1.11. The summed E-state index contributed by atoms with van der Waals surface area (Å²) in [6.07, 6.45) is 4.15. The zero-order valence-corrected chi connectivity index (χ0v) is 11.2. The van der Waals surface area contributed by atoms with Crippen LogP contribution in [-0.4, -0.2) is 16.0 Å². The zero-order chi connectivity index (χ0) is 12.7. The monoisotopic (exact) mass is 267 g/mol. The second kappa shape index (κ2) is 4.31. The van der Waals surface area contributed by atoms with Crippen LogP contribution in [0.4, 0.5) is 5.82 Å². The van der Waals surface area contributed by atoms with E-state index < -0.39 is 0 Å². The van der Waals surface area contributed by atoms with Crippen molar-refractivity contribution >= 4 is 27.4 Å². The lowest BCUT2D eigenvalue weighted by Crippen LogP contribution is -2.03. The summed E-state index contributed by atoms with van der Waals surface area (Å²) in [6.45, 7) is 0. The van der Waals surface area contributed by atoms with E-state index in [-0.39, 0.29) is 0 Å². The molecule has 0 spiro atoms. The third kappa shape index (κ3) is 2.08. The van der Waals surface area contributed by atoms with Gasteiger partial charge in [-0.1, -0.05) is 30.3 Å². The third-order valence-corrected chi connectivity index (χ3v) is 4.40. The number of anilines is 1. The summed E-state index contributed by atoms with van der Waals surface area (Å²) in [5.74, 6) is 0.978. The summed E-state index contributed by atoms with van der Waals surface area (Å²) in [7, 11) is 0. The maximum atomic E-state index is 4.38. The number of rotatable bonds is 3. The van der Waals surface area contributed by atoms with Crippen molar-refractivity contribution in [2.24, 2.45) is 0 Å². The van der Waals surface area contributed by atoms with Crippen LogP contribution in [0, 0.1) is 0 Å². The van der Waals surface area contributed by atoms with Gasteiger partial charge in [0.15, 0.2) is 0 Å². The molecule has 1 aromatic carbocycles. The van der Waals surface area contributed by atoms with Crippen molar-refractivity contribution in [1.29, 1.82) is 0 Å². The van der Waals surface area contributed by atoms with E-state index in [0.29, 0.717) is 6.04 Å². The van der Waals surface area contributed by atoms with Crippen molar-refractivity contribution in [3.8, 4) is 10.4 Å². The van der Waals surface area contributed by atoms with Gasteiger partial charge in [-0.15, -0.1) is 11.3 Å². The topological polar surface area (TPSA) is 37.8 Å². The van der Waals surface area contributed by atoms with Crippen molar-refractivity contribution in [2.45, 2.75) is 18.9 Å².